The Labute approximate surface area is 282 Å². The Kier molecular flexibility index (Phi) is 11.2. The lowest BCUT2D eigenvalue weighted by atomic mass is 9.46. The van der Waals surface area contributed by atoms with Crippen molar-refractivity contribution < 1.29 is 28.2 Å². The summed E-state index contributed by atoms with van der Waals surface area (Å²) in [5.41, 5.74) is 0.865. The fourth-order valence-electron chi connectivity index (χ4n) is 10.0. The molecule has 1 unspecified atom stereocenters. The van der Waals surface area contributed by atoms with Gasteiger partial charge in [-0.1, -0.05) is 52.3 Å². The summed E-state index contributed by atoms with van der Waals surface area (Å²) in [5, 5.41) is 0.236. The monoisotopic (exact) mass is 660 g/mol. The number of methoxy groups -OCH3 is 1. The molecular weight excluding hydrogens is 593 g/mol. The van der Waals surface area contributed by atoms with E-state index < -0.39 is 25.7 Å². The van der Waals surface area contributed by atoms with E-state index >= 15 is 0 Å². The number of fused-ring (bicyclic) bond motifs is 5. The minimum absolute atomic E-state index is 0.0914. The topological polar surface area (TPSA) is 63.2 Å². The highest BCUT2D eigenvalue weighted by Crippen LogP contribution is 2.68. The lowest BCUT2D eigenvalue weighted by molar-refractivity contribution is -0.187. The molecule has 7 heteroatoms. The predicted molar refractivity (Wildman–Crippen MR) is 189 cm³/mol. The van der Waals surface area contributed by atoms with Crippen LogP contribution < -0.4 is 0 Å². The highest BCUT2D eigenvalue weighted by molar-refractivity contribution is 6.74. The summed E-state index contributed by atoms with van der Waals surface area (Å²) in [6.07, 6.45) is 16.4. The van der Waals surface area contributed by atoms with Crippen LogP contribution >= 0.6 is 0 Å². The van der Waals surface area contributed by atoms with Gasteiger partial charge in [-0.25, -0.2) is 4.79 Å². The summed E-state index contributed by atoms with van der Waals surface area (Å²) in [4.78, 5) is 12.7. The Morgan fingerprint density at radius 1 is 1.04 bits per heavy atom. The number of hydrogen-bond acceptors (Lipinski definition) is 6. The number of allylic oxidation sites excluding steroid dienone is 1. The van der Waals surface area contributed by atoms with Crippen LogP contribution in [-0.4, -0.2) is 51.8 Å². The van der Waals surface area contributed by atoms with E-state index in [1.165, 1.54) is 45.6 Å². The van der Waals surface area contributed by atoms with E-state index in [0.29, 0.717) is 36.9 Å². The van der Waals surface area contributed by atoms with Crippen molar-refractivity contribution in [1.82, 2.24) is 0 Å². The van der Waals surface area contributed by atoms with Crippen molar-refractivity contribution in [2.45, 2.75) is 169 Å². The van der Waals surface area contributed by atoms with E-state index in [2.05, 4.69) is 86.7 Å². The normalized spacial score (nSPS) is 35.4. The van der Waals surface area contributed by atoms with Crippen LogP contribution in [0.25, 0.3) is 0 Å². The number of carbonyl (C=O) groups is 1. The fraction of sp³-hybridized carbons (Fsp3) is 0.872. The summed E-state index contributed by atoms with van der Waals surface area (Å²) in [5.74, 6) is 2.23. The van der Waals surface area contributed by atoms with Gasteiger partial charge in [0.15, 0.2) is 14.6 Å². The van der Waals surface area contributed by atoms with Crippen molar-refractivity contribution in [2.75, 3.05) is 13.7 Å². The maximum absolute atomic E-state index is 12.7. The van der Waals surface area contributed by atoms with Crippen molar-refractivity contribution in [3.05, 3.63) is 23.8 Å². The molecule has 0 bridgehead atoms. The SMILES string of the molecule is CCOC(C)OC(C)(C)C/C=C/[C@](C)(OC(=O)OC)[C@H]1CC[C@H]2[C@@H]3CC=C4C[C@@H](O[Si](C)(C)C(C)(C)C)CC[C@]4(C)[C@H]3CC[C@@]21C. The first-order chi connectivity index (χ1) is 21.2. The first-order valence-corrected chi connectivity index (χ1v) is 21.2. The maximum atomic E-state index is 12.7. The van der Waals surface area contributed by atoms with Crippen LogP contribution in [0.1, 0.15) is 127 Å². The third-order valence-electron chi connectivity index (χ3n) is 13.4. The molecule has 3 saturated carbocycles. The average molecular weight is 661 g/mol. The minimum Gasteiger partial charge on any atom is -0.438 e. The summed E-state index contributed by atoms with van der Waals surface area (Å²) in [6, 6.07) is 0. The molecule has 0 heterocycles. The van der Waals surface area contributed by atoms with Crippen LogP contribution in [-0.2, 0) is 23.4 Å². The predicted octanol–water partition coefficient (Wildman–Crippen LogP) is 10.6. The van der Waals surface area contributed by atoms with Gasteiger partial charge in [-0.05, 0) is 145 Å². The van der Waals surface area contributed by atoms with Crippen LogP contribution in [0.2, 0.25) is 18.1 Å². The molecule has 0 spiro atoms. The lowest BCUT2D eigenvalue weighted by Gasteiger charge is -2.59. The van der Waals surface area contributed by atoms with Gasteiger partial charge in [-0.3, -0.25) is 0 Å². The van der Waals surface area contributed by atoms with Crippen LogP contribution in [0, 0.1) is 34.5 Å². The van der Waals surface area contributed by atoms with Gasteiger partial charge in [0.25, 0.3) is 0 Å². The molecule has 4 aliphatic carbocycles. The molecule has 0 aromatic rings. The van der Waals surface area contributed by atoms with E-state index in [4.69, 9.17) is 23.4 Å². The van der Waals surface area contributed by atoms with Crippen molar-refractivity contribution >= 4 is 14.5 Å². The van der Waals surface area contributed by atoms with Crippen LogP contribution in [0.4, 0.5) is 4.79 Å². The fourth-order valence-corrected chi connectivity index (χ4v) is 11.4. The molecule has 0 aromatic carbocycles. The molecule has 0 saturated heterocycles. The lowest BCUT2D eigenvalue weighted by Crippen LogP contribution is -2.54. The van der Waals surface area contributed by atoms with Gasteiger partial charge in [0.1, 0.15) is 5.60 Å². The van der Waals surface area contributed by atoms with Crippen molar-refractivity contribution in [1.29, 1.82) is 0 Å². The molecule has 4 aliphatic rings. The van der Waals surface area contributed by atoms with E-state index in [1.54, 1.807) is 5.57 Å². The first kappa shape index (κ1) is 37.7. The minimum atomic E-state index is -1.80. The molecule has 4 rings (SSSR count). The van der Waals surface area contributed by atoms with E-state index in [0.717, 1.165) is 12.8 Å². The zero-order valence-electron chi connectivity index (χ0n) is 31.7. The number of ether oxygens (including phenoxy) is 4. The molecule has 0 amide bonds. The second-order valence-electron chi connectivity index (χ2n) is 17.9. The van der Waals surface area contributed by atoms with Gasteiger partial charge >= 0.3 is 6.16 Å². The third kappa shape index (κ3) is 7.53. The highest BCUT2D eigenvalue weighted by atomic mass is 28.4. The van der Waals surface area contributed by atoms with Gasteiger partial charge < -0.3 is 23.4 Å². The molecule has 0 N–H and O–H groups in total. The standard InChI is InChI=1S/C39H68O6Si/c1-14-42-27(2)43-36(6,7)22-15-23-39(10,44-34(40)41-11)33-19-18-31-30-17-16-28-26-29(45-46(12,13)35(3,4)5)20-24-37(28,8)32(30)21-25-38(31,33)9/h15-16,23,27,29-33H,14,17-22,24-26H2,1-13H3/b23-15+/t27?,29-,30-,31-,32-,33-,37-,38-,39-/m0/s1. The zero-order valence-corrected chi connectivity index (χ0v) is 32.7. The summed E-state index contributed by atoms with van der Waals surface area (Å²) in [7, 11) is -0.393. The quantitative estimate of drug-likeness (QED) is 0.0951. The smallest absolute Gasteiger partial charge is 0.438 e. The molecule has 9 atom stereocenters. The second-order valence-corrected chi connectivity index (χ2v) is 22.7. The van der Waals surface area contributed by atoms with Crippen molar-refractivity contribution in [3.63, 3.8) is 0 Å². The molecular formula is C39H68O6Si. The second kappa shape index (κ2) is 13.6. The summed E-state index contributed by atoms with van der Waals surface area (Å²) in [6.45, 7) is 27.7. The number of carbonyl (C=O) groups excluding carboxylic acids is 1. The van der Waals surface area contributed by atoms with Gasteiger partial charge in [-0.15, -0.1) is 0 Å². The van der Waals surface area contributed by atoms with Gasteiger partial charge in [0.05, 0.1) is 12.7 Å². The molecule has 0 aromatic heterocycles. The summed E-state index contributed by atoms with van der Waals surface area (Å²) < 4.78 is 30.0. The Balaban J connectivity index is 1.53. The van der Waals surface area contributed by atoms with Crippen molar-refractivity contribution in [3.8, 4) is 0 Å². The Bertz CT molecular complexity index is 1140. The molecule has 0 radical (unpaired) electrons. The number of rotatable bonds is 11. The molecule has 6 nitrogen and oxygen atoms in total. The Morgan fingerprint density at radius 2 is 1.74 bits per heavy atom. The highest BCUT2D eigenvalue weighted by Gasteiger charge is 2.62. The van der Waals surface area contributed by atoms with Gasteiger partial charge in [-0.2, -0.15) is 0 Å². The third-order valence-corrected chi connectivity index (χ3v) is 18.0. The summed E-state index contributed by atoms with van der Waals surface area (Å²) >= 11 is 0. The van der Waals surface area contributed by atoms with E-state index in [-0.39, 0.29) is 28.1 Å². The Hall–Kier alpha value is -1.15. The van der Waals surface area contributed by atoms with Gasteiger partial charge in [0.2, 0.25) is 0 Å². The van der Waals surface area contributed by atoms with E-state index in [9.17, 15) is 4.79 Å². The molecule has 3 fully saturated rings. The van der Waals surface area contributed by atoms with Gasteiger partial charge in [0, 0.05) is 18.6 Å². The van der Waals surface area contributed by atoms with Crippen LogP contribution in [0.5, 0.6) is 0 Å². The molecule has 46 heavy (non-hydrogen) atoms. The van der Waals surface area contributed by atoms with Crippen LogP contribution in [0.3, 0.4) is 0 Å². The first-order valence-electron chi connectivity index (χ1n) is 18.3. The van der Waals surface area contributed by atoms with Crippen LogP contribution in [0.15, 0.2) is 23.8 Å². The van der Waals surface area contributed by atoms with Crippen molar-refractivity contribution in [2.24, 2.45) is 34.5 Å². The van der Waals surface area contributed by atoms with E-state index in [1.807, 2.05) is 13.8 Å². The largest absolute Gasteiger partial charge is 0.508 e. The Morgan fingerprint density at radius 3 is 2.37 bits per heavy atom. The molecule has 264 valence electrons. The zero-order chi connectivity index (χ0) is 34.3. The average Bonchev–Trinajstić information content (AvgIpc) is 3.30. The number of hydrogen-bond donors (Lipinski definition) is 0. The molecule has 0 aliphatic heterocycles. The maximum Gasteiger partial charge on any atom is 0.508 e.